The van der Waals surface area contributed by atoms with Crippen LogP contribution in [0, 0.1) is 0 Å². The summed E-state index contributed by atoms with van der Waals surface area (Å²) in [6.45, 7) is 2.80. The first kappa shape index (κ1) is 10.6. The van der Waals surface area contributed by atoms with Gasteiger partial charge in [-0.05, 0) is 12.5 Å². The van der Waals surface area contributed by atoms with Gasteiger partial charge in [-0.2, -0.15) is 0 Å². The van der Waals surface area contributed by atoms with E-state index in [9.17, 15) is 4.79 Å². The minimum atomic E-state index is -0.281. The van der Waals surface area contributed by atoms with Gasteiger partial charge in [0, 0.05) is 13.6 Å². The van der Waals surface area contributed by atoms with E-state index in [0.29, 0.717) is 13.2 Å². The third kappa shape index (κ3) is 3.09. The van der Waals surface area contributed by atoms with Crippen LogP contribution < -0.4 is 0 Å². The summed E-state index contributed by atoms with van der Waals surface area (Å²) in [5.74, 6) is 0. The molecule has 0 bridgehead atoms. The Labute approximate surface area is 84.3 Å². The fraction of sp³-hybridized carbons (Fsp3) is 0.364. The average Bonchev–Trinajstić information content (AvgIpc) is 2.19. The van der Waals surface area contributed by atoms with E-state index in [1.54, 1.807) is 18.9 Å². The average molecular weight is 193 g/mol. The molecule has 0 saturated heterocycles. The smallest absolute Gasteiger partial charge is 0.409 e. The summed E-state index contributed by atoms with van der Waals surface area (Å²) in [6, 6.07) is 9.82. The van der Waals surface area contributed by atoms with Gasteiger partial charge in [0.05, 0.1) is 6.61 Å². The van der Waals surface area contributed by atoms with Crippen LogP contribution >= 0.6 is 0 Å². The molecule has 0 aliphatic heterocycles. The maximum atomic E-state index is 11.3. The second-order valence-electron chi connectivity index (χ2n) is 3.04. The minimum Gasteiger partial charge on any atom is -0.450 e. The molecule has 76 valence electrons. The number of carbonyl (C=O) groups excluding carboxylic acids is 1. The monoisotopic (exact) mass is 193 g/mol. The van der Waals surface area contributed by atoms with Crippen LogP contribution in [0.4, 0.5) is 4.79 Å². The molecule has 0 aliphatic carbocycles. The van der Waals surface area contributed by atoms with Gasteiger partial charge in [-0.25, -0.2) is 4.79 Å². The predicted molar refractivity (Wildman–Crippen MR) is 54.9 cm³/mol. The molecule has 1 aromatic rings. The lowest BCUT2D eigenvalue weighted by atomic mass is 10.2. The first-order valence-electron chi connectivity index (χ1n) is 4.66. The maximum Gasteiger partial charge on any atom is 0.409 e. The Balaban J connectivity index is 2.49. The second-order valence-corrected chi connectivity index (χ2v) is 3.04. The molecule has 0 radical (unpaired) electrons. The summed E-state index contributed by atoms with van der Waals surface area (Å²) < 4.78 is 4.86. The molecule has 0 atom stereocenters. The largest absolute Gasteiger partial charge is 0.450 e. The van der Waals surface area contributed by atoms with Crippen molar-refractivity contribution >= 4 is 6.09 Å². The van der Waals surface area contributed by atoms with Gasteiger partial charge >= 0.3 is 6.09 Å². The zero-order chi connectivity index (χ0) is 10.4. The highest BCUT2D eigenvalue weighted by Crippen LogP contribution is 2.03. The Morgan fingerprint density at radius 1 is 1.36 bits per heavy atom. The summed E-state index contributed by atoms with van der Waals surface area (Å²) in [7, 11) is 1.73. The molecule has 0 unspecified atom stereocenters. The van der Waals surface area contributed by atoms with Crippen molar-refractivity contribution in [3.63, 3.8) is 0 Å². The Bertz CT molecular complexity index is 285. The van der Waals surface area contributed by atoms with E-state index in [0.717, 1.165) is 5.56 Å². The highest BCUT2D eigenvalue weighted by molar-refractivity contribution is 5.67. The Morgan fingerprint density at radius 3 is 2.57 bits per heavy atom. The highest BCUT2D eigenvalue weighted by atomic mass is 16.5. The predicted octanol–water partition coefficient (Wildman–Crippen LogP) is 2.27. The molecule has 0 aromatic heterocycles. The molecule has 14 heavy (non-hydrogen) atoms. The molecule has 0 heterocycles. The molecule has 0 N–H and O–H groups in total. The van der Waals surface area contributed by atoms with Crippen molar-refractivity contribution in [2.75, 3.05) is 13.7 Å². The Hall–Kier alpha value is -1.51. The molecule has 3 nitrogen and oxygen atoms in total. The lowest BCUT2D eigenvalue weighted by Crippen LogP contribution is -2.26. The lowest BCUT2D eigenvalue weighted by molar-refractivity contribution is 0.114. The summed E-state index contributed by atoms with van der Waals surface area (Å²) in [6.07, 6.45) is -0.281. The summed E-state index contributed by atoms with van der Waals surface area (Å²) in [5, 5.41) is 0. The second kappa shape index (κ2) is 5.27. The van der Waals surface area contributed by atoms with Crippen LogP contribution in [0.2, 0.25) is 0 Å². The summed E-state index contributed by atoms with van der Waals surface area (Å²) >= 11 is 0. The number of hydrogen-bond acceptors (Lipinski definition) is 2. The standard InChI is InChI=1S/C11H15NO2/c1-3-14-11(13)12(2)9-10-7-5-4-6-8-10/h4-8H,3,9H2,1-2H3. The van der Waals surface area contributed by atoms with Crippen LogP contribution in [0.5, 0.6) is 0 Å². The van der Waals surface area contributed by atoms with Gasteiger partial charge in [0.25, 0.3) is 0 Å². The molecular formula is C11H15NO2. The van der Waals surface area contributed by atoms with Crippen molar-refractivity contribution in [1.82, 2.24) is 4.90 Å². The Kier molecular flexibility index (Phi) is 3.98. The van der Waals surface area contributed by atoms with Gasteiger partial charge in [0.2, 0.25) is 0 Å². The van der Waals surface area contributed by atoms with Crippen LogP contribution in [0.1, 0.15) is 12.5 Å². The van der Waals surface area contributed by atoms with Crippen LogP contribution in [0.3, 0.4) is 0 Å². The topological polar surface area (TPSA) is 29.5 Å². The number of rotatable bonds is 3. The fourth-order valence-corrected chi connectivity index (χ4v) is 1.16. The van der Waals surface area contributed by atoms with Gasteiger partial charge in [-0.15, -0.1) is 0 Å². The van der Waals surface area contributed by atoms with Crippen molar-refractivity contribution < 1.29 is 9.53 Å². The SMILES string of the molecule is CCOC(=O)N(C)Cc1ccccc1. The number of amides is 1. The number of carbonyl (C=O) groups is 1. The third-order valence-electron chi connectivity index (χ3n) is 1.84. The van der Waals surface area contributed by atoms with Crippen LogP contribution in [0.15, 0.2) is 30.3 Å². The van der Waals surface area contributed by atoms with Gasteiger partial charge < -0.3 is 9.64 Å². The van der Waals surface area contributed by atoms with Gasteiger partial charge in [0.1, 0.15) is 0 Å². The number of hydrogen-bond donors (Lipinski definition) is 0. The molecule has 1 amide bonds. The normalized spacial score (nSPS) is 9.57. The van der Waals surface area contributed by atoms with Gasteiger partial charge in [-0.1, -0.05) is 30.3 Å². The zero-order valence-electron chi connectivity index (χ0n) is 8.56. The van der Waals surface area contributed by atoms with E-state index in [-0.39, 0.29) is 6.09 Å². The van der Waals surface area contributed by atoms with E-state index >= 15 is 0 Å². The van der Waals surface area contributed by atoms with Crippen molar-refractivity contribution in [3.05, 3.63) is 35.9 Å². The quantitative estimate of drug-likeness (QED) is 0.737. The van der Waals surface area contributed by atoms with Crippen molar-refractivity contribution in [1.29, 1.82) is 0 Å². The first-order chi connectivity index (χ1) is 6.74. The van der Waals surface area contributed by atoms with E-state index in [1.165, 1.54) is 0 Å². The van der Waals surface area contributed by atoms with Crippen molar-refractivity contribution in [3.8, 4) is 0 Å². The molecular weight excluding hydrogens is 178 g/mol. The number of ether oxygens (including phenoxy) is 1. The molecule has 0 spiro atoms. The van der Waals surface area contributed by atoms with Crippen molar-refractivity contribution in [2.24, 2.45) is 0 Å². The first-order valence-corrected chi connectivity index (χ1v) is 4.66. The minimum absolute atomic E-state index is 0.281. The van der Waals surface area contributed by atoms with Crippen LogP contribution in [-0.4, -0.2) is 24.6 Å². The van der Waals surface area contributed by atoms with E-state index in [2.05, 4.69) is 0 Å². The van der Waals surface area contributed by atoms with E-state index in [4.69, 9.17) is 4.74 Å². The summed E-state index contributed by atoms with van der Waals surface area (Å²) in [4.78, 5) is 12.8. The summed E-state index contributed by atoms with van der Waals surface area (Å²) in [5.41, 5.74) is 1.10. The van der Waals surface area contributed by atoms with Gasteiger partial charge in [-0.3, -0.25) is 0 Å². The third-order valence-corrected chi connectivity index (χ3v) is 1.84. The molecule has 0 aliphatic rings. The highest BCUT2D eigenvalue weighted by Gasteiger charge is 2.08. The molecule has 0 fully saturated rings. The van der Waals surface area contributed by atoms with Gasteiger partial charge in [0.15, 0.2) is 0 Å². The molecule has 3 heteroatoms. The number of nitrogens with zero attached hydrogens (tertiary/aromatic N) is 1. The van der Waals surface area contributed by atoms with E-state index < -0.39 is 0 Å². The van der Waals surface area contributed by atoms with Crippen LogP contribution in [-0.2, 0) is 11.3 Å². The Morgan fingerprint density at radius 2 is 2.00 bits per heavy atom. The lowest BCUT2D eigenvalue weighted by Gasteiger charge is -2.16. The van der Waals surface area contributed by atoms with Crippen LogP contribution in [0.25, 0.3) is 0 Å². The van der Waals surface area contributed by atoms with Crippen molar-refractivity contribution in [2.45, 2.75) is 13.5 Å². The number of benzene rings is 1. The molecule has 0 saturated carbocycles. The molecule has 1 aromatic carbocycles. The molecule has 1 rings (SSSR count). The zero-order valence-corrected chi connectivity index (χ0v) is 8.56. The maximum absolute atomic E-state index is 11.3. The fourth-order valence-electron chi connectivity index (χ4n) is 1.16. The van der Waals surface area contributed by atoms with E-state index in [1.807, 2.05) is 30.3 Å².